The molecule has 16 heavy (non-hydrogen) atoms. The smallest absolute Gasteiger partial charge is 0.226 e. The van der Waals surface area contributed by atoms with Crippen LogP contribution in [0.5, 0.6) is 0 Å². The van der Waals surface area contributed by atoms with Crippen molar-refractivity contribution in [3.8, 4) is 0 Å². The van der Waals surface area contributed by atoms with E-state index in [4.69, 9.17) is 15.0 Å². The second-order valence-electron chi connectivity index (χ2n) is 4.00. The lowest BCUT2D eigenvalue weighted by Gasteiger charge is -2.18. The molecule has 0 saturated carbocycles. The lowest BCUT2D eigenvalue weighted by Crippen LogP contribution is -2.17. The largest absolute Gasteiger partial charge is 0.368 e. The lowest BCUT2D eigenvalue weighted by molar-refractivity contribution is 0.0677. The van der Waals surface area contributed by atoms with Crippen molar-refractivity contribution in [1.29, 1.82) is 0 Å². The summed E-state index contributed by atoms with van der Waals surface area (Å²) in [5.74, 6) is 3.29. The molecule has 90 valence electrons. The molecule has 0 bridgehead atoms. The van der Waals surface area contributed by atoms with Gasteiger partial charge in [0.1, 0.15) is 6.10 Å². The van der Waals surface area contributed by atoms with Crippen LogP contribution < -0.4 is 5.73 Å². The van der Waals surface area contributed by atoms with Gasteiger partial charge in [-0.05, 0) is 13.3 Å². The summed E-state index contributed by atoms with van der Waals surface area (Å²) in [5.41, 5.74) is 5.67. The number of hydrogen-bond donors (Lipinski definition) is 1. The minimum absolute atomic E-state index is 0.00782. The maximum atomic E-state index is 5.67. The molecule has 0 aliphatic carbocycles. The van der Waals surface area contributed by atoms with Crippen LogP contribution in [0, 0.1) is 0 Å². The van der Waals surface area contributed by atoms with Crippen molar-refractivity contribution in [2.45, 2.75) is 31.9 Å². The van der Waals surface area contributed by atoms with Gasteiger partial charge < -0.3 is 15.0 Å². The molecule has 1 aliphatic heterocycles. The van der Waals surface area contributed by atoms with Gasteiger partial charge in [0.25, 0.3) is 0 Å². The quantitative estimate of drug-likeness (QED) is 0.855. The third kappa shape index (κ3) is 3.20. The van der Waals surface area contributed by atoms with Gasteiger partial charge in [0.05, 0.1) is 6.61 Å². The highest BCUT2D eigenvalue weighted by Crippen LogP contribution is 2.24. The van der Waals surface area contributed by atoms with E-state index in [0.29, 0.717) is 11.7 Å². The topological polar surface area (TPSA) is 74.2 Å². The van der Waals surface area contributed by atoms with Crippen molar-refractivity contribution in [1.82, 2.24) is 10.1 Å². The van der Waals surface area contributed by atoms with E-state index < -0.39 is 0 Å². The van der Waals surface area contributed by atoms with Crippen molar-refractivity contribution >= 4 is 11.8 Å². The van der Waals surface area contributed by atoms with Crippen molar-refractivity contribution in [3.05, 3.63) is 11.7 Å². The molecule has 0 radical (unpaired) electrons. The summed E-state index contributed by atoms with van der Waals surface area (Å²) in [6.45, 7) is 2.73. The standard InChI is InChI=1S/C10H17N3O2S/c1-7(11)2-3-9-12-10(13-15-9)8-6-16-5-4-14-8/h7-8H,2-6,11H2,1H3. The number of rotatable bonds is 4. The molecular formula is C10H17N3O2S. The Morgan fingerprint density at radius 3 is 3.19 bits per heavy atom. The highest BCUT2D eigenvalue weighted by Gasteiger charge is 2.21. The van der Waals surface area contributed by atoms with Crippen LogP contribution in [-0.4, -0.2) is 34.3 Å². The highest BCUT2D eigenvalue weighted by atomic mass is 32.2. The van der Waals surface area contributed by atoms with E-state index in [9.17, 15) is 0 Å². The zero-order valence-electron chi connectivity index (χ0n) is 9.39. The van der Waals surface area contributed by atoms with Gasteiger partial charge in [-0.2, -0.15) is 16.7 Å². The van der Waals surface area contributed by atoms with Crippen LogP contribution in [0.2, 0.25) is 0 Å². The fourth-order valence-corrected chi connectivity index (χ4v) is 2.33. The molecule has 2 rings (SSSR count). The summed E-state index contributed by atoms with van der Waals surface area (Å²) in [5, 5.41) is 3.95. The molecule has 1 aromatic heterocycles. The lowest BCUT2D eigenvalue weighted by atomic mass is 10.2. The van der Waals surface area contributed by atoms with Crippen molar-refractivity contribution in [3.63, 3.8) is 0 Å². The fourth-order valence-electron chi connectivity index (χ4n) is 1.49. The Balaban J connectivity index is 1.90. The van der Waals surface area contributed by atoms with Gasteiger partial charge in [0.2, 0.25) is 11.7 Å². The van der Waals surface area contributed by atoms with Crippen LogP contribution >= 0.6 is 11.8 Å². The summed E-state index contributed by atoms with van der Waals surface area (Å²) >= 11 is 1.86. The first kappa shape index (κ1) is 11.9. The number of nitrogens with zero attached hydrogens (tertiary/aromatic N) is 2. The van der Waals surface area contributed by atoms with E-state index in [2.05, 4.69) is 10.1 Å². The van der Waals surface area contributed by atoms with Crippen LogP contribution in [0.3, 0.4) is 0 Å². The average Bonchev–Trinajstić information content (AvgIpc) is 2.76. The van der Waals surface area contributed by atoms with Gasteiger partial charge in [-0.1, -0.05) is 5.16 Å². The van der Waals surface area contributed by atoms with Crippen molar-refractivity contribution in [2.75, 3.05) is 18.1 Å². The van der Waals surface area contributed by atoms with Crippen LogP contribution in [0.15, 0.2) is 4.52 Å². The summed E-state index contributed by atoms with van der Waals surface area (Å²) in [7, 11) is 0. The summed E-state index contributed by atoms with van der Waals surface area (Å²) in [4.78, 5) is 4.33. The summed E-state index contributed by atoms with van der Waals surface area (Å²) < 4.78 is 10.7. The first-order valence-electron chi connectivity index (χ1n) is 5.53. The second-order valence-corrected chi connectivity index (χ2v) is 5.15. The molecule has 1 saturated heterocycles. The first-order valence-corrected chi connectivity index (χ1v) is 6.68. The Kier molecular flexibility index (Phi) is 4.20. The number of aryl methyl sites for hydroxylation is 1. The van der Waals surface area contributed by atoms with E-state index in [-0.39, 0.29) is 12.1 Å². The maximum absolute atomic E-state index is 5.67. The number of hydrogen-bond acceptors (Lipinski definition) is 6. The number of nitrogens with two attached hydrogens (primary N) is 1. The maximum Gasteiger partial charge on any atom is 0.226 e. The molecule has 5 nitrogen and oxygen atoms in total. The molecule has 6 heteroatoms. The zero-order valence-corrected chi connectivity index (χ0v) is 10.2. The normalized spacial score (nSPS) is 23.2. The fraction of sp³-hybridized carbons (Fsp3) is 0.800. The van der Waals surface area contributed by atoms with Gasteiger partial charge >= 0.3 is 0 Å². The SMILES string of the molecule is CC(N)CCc1nc(C2CSCCO2)no1. The molecule has 2 N–H and O–H groups in total. The van der Waals surface area contributed by atoms with Crippen molar-refractivity contribution in [2.24, 2.45) is 5.73 Å². The van der Waals surface area contributed by atoms with E-state index in [1.807, 2.05) is 18.7 Å². The minimum atomic E-state index is -0.00782. The average molecular weight is 243 g/mol. The Morgan fingerprint density at radius 2 is 2.50 bits per heavy atom. The van der Waals surface area contributed by atoms with Gasteiger partial charge in [0.15, 0.2) is 0 Å². The van der Waals surface area contributed by atoms with Crippen LogP contribution in [-0.2, 0) is 11.2 Å². The Hall–Kier alpha value is -0.590. The van der Waals surface area contributed by atoms with Gasteiger partial charge in [-0.3, -0.25) is 0 Å². The minimum Gasteiger partial charge on any atom is -0.368 e. The number of aromatic nitrogens is 2. The number of thioether (sulfide) groups is 1. The Morgan fingerprint density at radius 1 is 1.62 bits per heavy atom. The molecule has 2 unspecified atom stereocenters. The molecule has 1 fully saturated rings. The second kappa shape index (κ2) is 5.65. The molecule has 2 atom stereocenters. The number of ether oxygens (including phenoxy) is 1. The third-order valence-corrected chi connectivity index (χ3v) is 3.40. The zero-order chi connectivity index (χ0) is 11.4. The van der Waals surface area contributed by atoms with E-state index in [1.165, 1.54) is 0 Å². The van der Waals surface area contributed by atoms with E-state index in [0.717, 1.165) is 31.0 Å². The third-order valence-electron chi connectivity index (χ3n) is 2.40. The molecule has 1 aromatic rings. The van der Waals surface area contributed by atoms with E-state index >= 15 is 0 Å². The first-order chi connectivity index (χ1) is 7.75. The van der Waals surface area contributed by atoms with Crippen LogP contribution in [0.25, 0.3) is 0 Å². The predicted molar refractivity (Wildman–Crippen MR) is 62.3 cm³/mol. The van der Waals surface area contributed by atoms with Gasteiger partial charge in [-0.25, -0.2) is 0 Å². The highest BCUT2D eigenvalue weighted by molar-refractivity contribution is 7.99. The summed E-state index contributed by atoms with van der Waals surface area (Å²) in [6.07, 6.45) is 1.60. The predicted octanol–water partition coefficient (Wildman–Crippen LogP) is 1.15. The van der Waals surface area contributed by atoms with Gasteiger partial charge in [-0.15, -0.1) is 0 Å². The van der Waals surface area contributed by atoms with Crippen molar-refractivity contribution < 1.29 is 9.26 Å². The Bertz CT molecular complexity index is 324. The monoisotopic (exact) mass is 243 g/mol. The molecule has 0 spiro atoms. The molecule has 0 aromatic carbocycles. The van der Waals surface area contributed by atoms with Crippen LogP contribution in [0.4, 0.5) is 0 Å². The van der Waals surface area contributed by atoms with Crippen LogP contribution in [0.1, 0.15) is 31.2 Å². The molecular weight excluding hydrogens is 226 g/mol. The Labute approximate surface area is 99.1 Å². The molecule has 2 heterocycles. The molecule has 0 amide bonds. The molecule has 1 aliphatic rings. The van der Waals surface area contributed by atoms with Gasteiger partial charge in [0, 0.05) is 24.0 Å². The summed E-state index contributed by atoms with van der Waals surface area (Å²) in [6, 6.07) is 0.164. The van der Waals surface area contributed by atoms with E-state index in [1.54, 1.807) is 0 Å².